The Hall–Kier alpha value is -1.46. The molecule has 1 aromatic rings. The molecule has 0 aromatic carbocycles. The summed E-state index contributed by atoms with van der Waals surface area (Å²) in [6.07, 6.45) is 14.4. The number of nitrogens with one attached hydrogen (secondary N) is 1. The van der Waals surface area contributed by atoms with Crippen molar-refractivity contribution < 1.29 is 9.90 Å². The molecule has 1 atom stereocenters. The molecular formula is C22H35N3O2. The summed E-state index contributed by atoms with van der Waals surface area (Å²) in [4.78, 5) is 18.8. The number of hydrogen-bond donors (Lipinski definition) is 2. The van der Waals surface area contributed by atoms with Gasteiger partial charge in [0.15, 0.2) is 0 Å². The maximum atomic E-state index is 12.3. The standard InChI is InChI=1S/C22H35N3O2/c26-21(24-20-8-4-2-1-3-5-9-20)12-16-25-14-10-18(11-15-25)22(27)19-7-6-13-23-17-19/h6-7,13,17-18,20,22,27H,1-5,8-12,14-16H2,(H,24,26)/t22-/m0/s1. The molecule has 5 heteroatoms. The average Bonchev–Trinajstić information content (AvgIpc) is 2.69. The quantitative estimate of drug-likeness (QED) is 0.802. The monoisotopic (exact) mass is 373 g/mol. The molecule has 0 spiro atoms. The molecule has 0 radical (unpaired) electrons. The minimum absolute atomic E-state index is 0.207. The normalized spacial score (nSPS) is 22.0. The Morgan fingerprint density at radius 2 is 1.85 bits per heavy atom. The fraction of sp³-hybridized carbons (Fsp3) is 0.727. The maximum absolute atomic E-state index is 12.3. The number of aliphatic hydroxyl groups excluding tert-OH is 1. The summed E-state index contributed by atoms with van der Waals surface area (Å²) in [7, 11) is 0. The molecule has 150 valence electrons. The van der Waals surface area contributed by atoms with Crippen LogP contribution >= 0.6 is 0 Å². The van der Waals surface area contributed by atoms with E-state index < -0.39 is 6.10 Å². The van der Waals surface area contributed by atoms with Gasteiger partial charge in [0, 0.05) is 31.4 Å². The van der Waals surface area contributed by atoms with Crippen LogP contribution in [0.2, 0.25) is 0 Å². The van der Waals surface area contributed by atoms with Gasteiger partial charge in [-0.2, -0.15) is 0 Å². The lowest BCUT2D eigenvalue weighted by molar-refractivity contribution is -0.122. The third-order valence-electron chi connectivity index (χ3n) is 6.23. The zero-order valence-corrected chi connectivity index (χ0v) is 16.5. The van der Waals surface area contributed by atoms with Crippen molar-refractivity contribution in [3.8, 4) is 0 Å². The van der Waals surface area contributed by atoms with Gasteiger partial charge in [-0.05, 0) is 56.3 Å². The second-order valence-corrected chi connectivity index (χ2v) is 8.27. The minimum atomic E-state index is -0.427. The fourth-order valence-corrected chi connectivity index (χ4v) is 4.48. The number of aliphatic hydroxyl groups is 1. The van der Waals surface area contributed by atoms with Gasteiger partial charge < -0.3 is 15.3 Å². The number of hydrogen-bond acceptors (Lipinski definition) is 4. The van der Waals surface area contributed by atoms with Crippen molar-refractivity contribution in [2.24, 2.45) is 5.92 Å². The van der Waals surface area contributed by atoms with Crippen LogP contribution in [0, 0.1) is 5.92 Å². The van der Waals surface area contributed by atoms with Crippen LogP contribution in [0.4, 0.5) is 0 Å². The number of aromatic nitrogens is 1. The minimum Gasteiger partial charge on any atom is -0.388 e. The smallest absolute Gasteiger partial charge is 0.221 e. The third kappa shape index (κ3) is 6.58. The Morgan fingerprint density at radius 3 is 2.52 bits per heavy atom. The summed E-state index contributed by atoms with van der Waals surface area (Å²) in [5.41, 5.74) is 0.912. The van der Waals surface area contributed by atoms with Gasteiger partial charge in [0.1, 0.15) is 0 Å². The highest BCUT2D eigenvalue weighted by atomic mass is 16.3. The molecule has 1 aliphatic heterocycles. The van der Waals surface area contributed by atoms with Crippen molar-refractivity contribution >= 4 is 5.91 Å². The number of pyridine rings is 1. The van der Waals surface area contributed by atoms with Crippen LogP contribution in [0.25, 0.3) is 0 Å². The van der Waals surface area contributed by atoms with Crippen molar-refractivity contribution in [2.75, 3.05) is 19.6 Å². The molecule has 0 unspecified atom stereocenters. The lowest BCUT2D eigenvalue weighted by atomic mass is 9.88. The summed E-state index contributed by atoms with van der Waals surface area (Å²) in [5, 5.41) is 13.8. The summed E-state index contributed by atoms with van der Waals surface area (Å²) in [6.45, 7) is 2.74. The van der Waals surface area contributed by atoms with E-state index in [-0.39, 0.29) is 11.8 Å². The van der Waals surface area contributed by atoms with E-state index in [9.17, 15) is 9.90 Å². The van der Waals surface area contributed by atoms with Crippen molar-refractivity contribution in [3.63, 3.8) is 0 Å². The Balaban J connectivity index is 1.34. The van der Waals surface area contributed by atoms with E-state index in [0.29, 0.717) is 12.5 Å². The molecule has 27 heavy (non-hydrogen) atoms. The summed E-state index contributed by atoms with van der Waals surface area (Å²) in [5.74, 6) is 0.493. The predicted molar refractivity (Wildman–Crippen MR) is 107 cm³/mol. The van der Waals surface area contributed by atoms with E-state index in [4.69, 9.17) is 0 Å². The van der Waals surface area contributed by atoms with Crippen molar-refractivity contribution in [1.29, 1.82) is 0 Å². The van der Waals surface area contributed by atoms with E-state index in [1.807, 2.05) is 12.1 Å². The Bertz CT molecular complexity index is 550. The summed E-state index contributed by atoms with van der Waals surface area (Å²) < 4.78 is 0. The SMILES string of the molecule is O=C(CCN1CCC([C@H](O)c2cccnc2)CC1)NC1CCCCCCC1. The summed E-state index contributed by atoms with van der Waals surface area (Å²) >= 11 is 0. The van der Waals surface area contributed by atoms with Crippen molar-refractivity contribution in [3.05, 3.63) is 30.1 Å². The number of likely N-dealkylation sites (tertiary alicyclic amines) is 1. The molecule has 1 saturated carbocycles. The number of carbonyl (C=O) groups excluding carboxylic acids is 1. The second kappa shape index (κ2) is 10.8. The van der Waals surface area contributed by atoms with Gasteiger partial charge in [-0.1, -0.05) is 38.2 Å². The summed E-state index contributed by atoms with van der Waals surface area (Å²) in [6, 6.07) is 4.21. The zero-order valence-electron chi connectivity index (χ0n) is 16.5. The van der Waals surface area contributed by atoms with Gasteiger partial charge in [0.2, 0.25) is 5.91 Å². The predicted octanol–water partition coefficient (Wildman–Crippen LogP) is 3.45. The molecule has 5 nitrogen and oxygen atoms in total. The number of carbonyl (C=O) groups is 1. The van der Waals surface area contributed by atoms with Gasteiger partial charge in [0.05, 0.1) is 6.10 Å². The van der Waals surface area contributed by atoms with Crippen LogP contribution in [0.5, 0.6) is 0 Å². The highest BCUT2D eigenvalue weighted by Gasteiger charge is 2.26. The molecule has 3 rings (SSSR count). The molecule has 2 fully saturated rings. The zero-order chi connectivity index (χ0) is 18.9. The van der Waals surface area contributed by atoms with Crippen LogP contribution in [-0.4, -0.2) is 46.6 Å². The van der Waals surface area contributed by atoms with Crippen LogP contribution in [-0.2, 0) is 4.79 Å². The van der Waals surface area contributed by atoms with Gasteiger partial charge in [-0.15, -0.1) is 0 Å². The van der Waals surface area contributed by atoms with E-state index in [2.05, 4.69) is 15.2 Å². The maximum Gasteiger partial charge on any atom is 0.221 e. The second-order valence-electron chi connectivity index (χ2n) is 8.27. The lowest BCUT2D eigenvalue weighted by Gasteiger charge is -2.34. The first-order valence-electron chi connectivity index (χ1n) is 10.8. The molecule has 1 aliphatic carbocycles. The van der Waals surface area contributed by atoms with E-state index in [0.717, 1.165) is 50.9 Å². The molecular weight excluding hydrogens is 338 g/mol. The molecule has 0 bridgehead atoms. The van der Waals surface area contributed by atoms with E-state index in [1.165, 1.54) is 32.1 Å². The van der Waals surface area contributed by atoms with Gasteiger partial charge in [-0.3, -0.25) is 9.78 Å². The number of nitrogens with zero attached hydrogens (tertiary/aromatic N) is 2. The van der Waals surface area contributed by atoms with Crippen LogP contribution in [0.15, 0.2) is 24.5 Å². The number of rotatable bonds is 6. The largest absolute Gasteiger partial charge is 0.388 e. The van der Waals surface area contributed by atoms with E-state index >= 15 is 0 Å². The molecule has 2 heterocycles. The molecule has 2 aliphatic rings. The molecule has 2 N–H and O–H groups in total. The van der Waals surface area contributed by atoms with Gasteiger partial charge in [-0.25, -0.2) is 0 Å². The fourth-order valence-electron chi connectivity index (χ4n) is 4.48. The Morgan fingerprint density at radius 1 is 1.15 bits per heavy atom. The number of amides is 1. The van der Waals surface area contributed by atoms with Crippen LogP contribution in [0.3, 0.4) is 0 Å². The first-order valence-corrected chi connectivity index (χ1v) is 10.8. The van der Waals surface area contributed by atoms with Crippen LogP contribution in [0.1, 0.15) is 75.9 Å². The van der Waals surface area contributed by atoms with Crippen LogP contribution < -0.4 is 5.32 Å². The first-order chi connectivity index (χ1) is 13.2. The molecule has 1 aromatic heterocycles. The van der Waals surface area contributed by atoms with Gasteiger partial charge in [0.25, 0.3) is 0 Å². The Kier molecular flexibility index (Phi) is 8.09. The van der Waals surface area contributed by atoms with Crippen molar-refractivity contribution in [2.45, 2.75) is 76.4 Å². The topological polar surface area (TPSA) is 65.5 Å². The van der Waals surface area contributed by atoms with E-state index in [1.54, 1.807) is 12.4 Å². The number of piperidine rings is 1. The highest BCUT2D eigenvalue weighted by Crippen LogP contribution is 2.30. The van der Waals surface area contributed by atoms with Crippen molar-refractivity contribution in [1.82, 2.24) is 15.2 Å². The Labute approximate surface area is 163 Å². The first kappa shape index (κ1) is 20.3. The molecule has 1 saturated heterocycles. The highest BCUT2D eigenvalue weighted by molar-refractivity contribution is 5.76. The van der Waals surface area contributed by atoms with Gasteiger partial charge >= 0.3 is 0 Å². The lowest BCUT2D eigenvalue weighted by Crippen LogP contribution is -2.40. The molecule has 1 amide bonds. The average molecular weight is 374 g/mol. The third-order valence-corrected chi connectivity index (χ3v) is 6.23.